The predicted molar refractivity (Wildman–Crippen MR) is 52.5 cm³/mol. The first-order chi connectivity index (χ1) is 6.33. The SMILES string of the molecule is Nc1nc(C2CC3CCC2C3)ns1. The Morgan fingerprint density at radius 2 is 2.23 bits per heavy atom. The molecule has 3 unspecified atom stereocenters. The van der Waals surface area contributed by atoms with E-state index in [-0.39, 0.29) is 0 Å². The molecule has 2 saturated carbocycles. The lowest BCUT2D eigenvalue weighted by molar-refractivity contribution is 0.408. The summed E-state index contributed by atoms with van der Waals surface area (Å²) in [5.41, 5.74) is 5.59. The fraction of sp³-hybridized carbons (Fsp3) is 0.778. The Morgan fingerprint density at radius 3 is 2.77 bits per heavy atom. The van der Waals surface area contributed by atoms with Gasteiger partial charge in [-0.15, -0.1) is 0 Å². The van der Waals surface area contributed by atoms with Crippen LogP contribution in [0.5, 0.6) is 0 Å². The number of fused-ring (bicyclic) bond motifs is 2. The molecule has 0 aromatic carbocycles. The molecule has 1 heterocycles. The van der Waals surface area contributed by atoms with Crippen LogP contribution >= 0.6 is 11.5 Å². The molecule has 2 fully saturated rings. The number of aromatic nitrogens is 2. The van der Waals surface area contributed by atoms with Crippen LogP contribution in [-0.2, 0) is 0 Å². The van der Waals surface area contributed by atoms with Crippen LogP contribution in [0.25, 0.3) is 0 Å². The maximum absolute atomic E-state index is 5.59. The van der Waals surface area contributed by atoms with Gasteiger partial charge >= 0.3 is 0 Å². The summed E-state index contributed by atoms with van der Waals surface area (Å²) < 4.78 is 4.32. The summed E-state index contributed by atoms with van der Waals surface area (Å²) >= 11 is 1.34. The number of nitrogens with zero attached hydrogens (tertiary/aromatic N) is 2. The van der Waals surface area contributed by atoms with Crippen molar-refractivity contribution < 1.29 is 0 Å². The van der Waals surface area contributed by atoms with E-state index in [2.05, 4.69) is 9.36 Å². The summed E-state index contributed by atoms with van der Waals surface area (Å²) in [6, 6.07) is 0. The minimum atomic E-state index is 0.623. The minimum Gasteiger partial charge on any atom is -0.374 e. The average Bonchev–Trinajstić information content (AvgIpc) is 2.77. The van der Waals surface area contributed by atoms with E-state index in [9.17, 15) is 0 Å². The molecule has 4 heteroatoms. The van der Waals surface area contributed by atoms with Crippen molar-refractivity contribution in [3.63, 3.8) is 0 Å². The van der Waals surface area contributed by atoms with Crippen LogP contribution < -0.4 is 5.73 Å². The summed E-state index contributed by atoms with van der Waals surface area (Å²) in [5, 5.41) is 0.623. The van der Waals surface area contributed by atoms with E-state index < -0.39 is 0 Å². The lowest BCUT2D eigenvalue weighted by atomic mass is 9.88. The van der Waals surface area contributed by atoms with Crippen molar-refractivity contribution in [3.8, 4) is 0 Å². The van der Waals surface area contributed by atoms with Gasteiger partial charge in [0.2, 0.25) is 0 Å². The van der Waals surface area contributed by atoms with Crippen LogP contribution in [0.2, 0.25) is 0 Å². The zero-order valence-corrected chi connectivity index (χ0v) is 8.26. The van der Waals surface area contributed by atoms with Gasteiger partial charge in [0.15, 0.2) is 5.13 Å². The first-order valence-corrected chi connectivity index (χ1v) is 5.69. The summed E-state index contributed by atoms with van der Waals surface area (Å²) in [6.45, 7) is 0. The Kier molecular flexibility index (Phi) is 1.59. The molecule has 0 aliphatic heterocycles. The standard InChI is InChI=1S/C9H13N3S/c10-9-11-8(12-13-9)7-4-5-1-2-6(7)3-5/h5-7H,1-4H2,(H2,10,11,12). The molecule has 0 amide bonds. The lowest BCUT2D eigenvalue weighted by Crippen LogP contribution is -2.09. The third kappa shape index (κ3) is 1.15. The maximum atomic E-state index is 5.59. The third-order valence-electron chi connectivity index (χ3n) is 3.53. The van der Waals surface area contributed by atoms with Crippen LogP contribution in [0.15, 0.2) is 0 Å². The van der Waals surface area contributed by atoms with E-state index in [1.165, 1.54) is 37.2 Å². The highest BCUT2D eigenvalue weighted by atomic mass is 32.1. The van der Waals surface area contributed by atoms with Crippen LogP contribution in [0, 0.1) is 11.8 Å². The maximum Gasteiger partial charge on any atom is 0.199 e. The molecule has 1 aromatic heterocycles. The Bertz CT molecular complexity index is 322. The van der Waals surface area contributed by atoms with Crippen LogP contribution in [0.4, 0.5) is 5.13 Å². The molecule has 70 valence electrons. The Hall–Kier alpha value is -0.640. The van der Waals surface area contributed by atoms with Crippen molar-refractivity contribution in [2.24, 2.45) is 11.8 Å². The van der Waals surface area contributed by atoms with Crippen molar-refractivity contribution in [2.45, 2.75) is 31.6 Å². The smallest absolute Gasteiger partial charge is 0.199 e. The van der Waals surface area contributed by atoms with E-state index in [0.29, 0.717) is 11.0 Å². The van der Waals surface area contributed by atoms with Gasteiger partial charge in [-0.3, -0.25) is 0 Å². The number of nitrogen functional groups attached to an aromatic ring is 1. The monoisotopic (exact) mass is 195 g/mol. The van der Waals surface area contributed by atoms with E-state index in [1.807, 2.05) is 0 Å². The van der Waals surface area contributed by atoms with E-state index >= 15 is 0 Å². The van der Waals surface area contributed by atoms with Gasteiger partial charge in [0.25, 0.3) is 0 Å². The van der Waals surface area contributed by atoms with Gasteiger partial charge in [0.05, 0.1) is 0 Å². The second-order valence-corrected chi connectivity index (χ2v) is 5.06. The first kappa shape index (κ1) is 7.74. The highest BCUT2D eigenvalue weighted by Gasteiger charge is 2.41. The molecule has 0 saturated heterocycles. The molecule has 0 spiro atoms. The number of hydrogen-bond acceptors (Lipinski definition) is 4. The highest BCUT2D eigenvalue weighted by Crippen LogP contribution is 2.52. The fourth-order valence-electron chi connectivity index (χ4n) is 2.96. The van der Waals surface area contributed by atoms with Gasteiger partial charge in [-0.1, -0.05) is 6.42 Å². The molecule has 3 nitrogen and oxygen atoms in total. The van der Waals surface area contributed by atoms with Gasteiger partial charge in [-0.05, 0) is 31.1 Å². The summed E-state index contributed by atoms with van der Waals surface area (Å²) in [7, 11) is 0. The number of anilines is 1. The van der Waals surface area contributed by atoms with Crippen molar-refractivity contribution in [2.75, 3.05) is 5.73 Å². The normalized spacial score (nSPS) is 37.1. The van der Waals surface area contributed by atoms with Gasteiger partial charge in [-0.25, -0.2) is 4.98 Å². The predicted octanol–water partition coefficient (Wildman–Crippen LogP) is 2.02. The van der Waals surface area contributed by atoms with Crippen molar-refractivity contribution in [1.29, 1.82) is 0 Å². The summed E-state index contributed by atoms with van der Waals surface area (Å²) in [4.78, 5) is 4.30. The first-order valence-electron chi connectivity index (χ1n) is 4.92. The average molecular weight is 195 g/mol. The molecule has 1 aromatic rings. The molecule has 3 rings (SSSR count). The third-order valence-corrected chi connectivity index (χ3v) is 4.08. The quantitative estimate of drug-likeness (QED) is 0.746. The van der Waals surface area contributed by atoms with E-state index in [1.54, 1.807) is 0 Å². The second kappa shape index (κ2) is 2.67. The molecule has 2 bridgehead atoms. The largest absolute Gasteiger partial charge is 0.374 e. The molecule has 2 N–H and O–H groups in total. The zero-order valence-electron chi connectivity index (χ0n) is 7.44. The molecular weight excluding hydrogens is 182 g/mol. The van der Waals surface area contributed by atoms with Gasteiger partial charge in [0, 0.05) is 17.5 Å². The molecular formula is C9H13N3S. The molecule has 13 heavy (non-hydrogen) atoms. The Morgan fingerprint density at radius 1 is 1.31 bits per heavy atom. The van der Waals surface area contributed by atoms with Crippen LogP contribution in [0.3, 0.4) is 0 Å². The number of hydrogen-bond donors (Lipinski definition) is 1. The van der Waals surface area contributed by atoms with Crippen molar-refractivity contribution in [1.82, 2.24) is 9.36 Å². The number of nitrogens with two attached hydrogens (primary N) is 1. The Labute approximate surface area is 81.5 Å². The van der Waals surface area contributed by atoms with Crippen molar-refractivity contribution >= 4 is 16.7 Å². The topological polar surface area (TPSA) is 51.8 Å². The minimum absolute atomic E-state index is 0.623. The van der Waals surface area contributed by atoms with Gasteiger partial charge in [-0.2, -0.15) is 4.37 Å². The van der Waals surface area contributed by atoms with E-state index in [4.69, 9.17) is 5.73 Å². The molecule has 3 atom stereocenters. The second-order valence-electron chi connectivity index (χ2n) is 4.27. The molecule has 0 radical (unpaired) electrons. The van der Waals surface area contributed by atoms with Gasteiger partial charge < -0.3 is 5.73 Å². The summed E-state index contributed by atoms with van der Waals surface area (Å²) in [5.74, 6) is 3.47. The van der Waals surface area contributed by atoms with Crippen LogP contribution in [0.1, 0.15) is 37.4 Å². The number of rotatable bonds is 1. The Balaban J connectivity index is 1.87. The zero-order chi connectivity index (χ0) is 8.84. The van der Waals surface area contributed by atoms with E-state index in [0.717, 1.165) is 17.7 Å². The van der Waals surface area contributed by atoms with Crippen molar-refractivity contribution in [3.05, 3.63) is 5.82 Å². The van der Waals surface area contributed by atoms with Crippen LogP contribution in [-0.4, -0.2) is 9.36 Å². The highest BCUT2D eigenvalue weighted by molar-refractivity contribution is 7.09. The fourth-order valence-corrected chi connectivity index (χ4v) is 3.46. The molecule has 2 aliphatic rings. The summed E-state index contributed by atoms with van der Waals surface area (Å²) in [6.07, 6.45) is 5.53. The molecule has 2 aliphatic carbocycles. The lowest BCUT2D eigenvalue weighted by Gasteiger charge is -2.17. The van der Waals surface area contributed by atoms with Gasteiger partial charge in [0.1, 0.15) is 5.82 Å².